The van der Waals surface area contributed by atoms with Crippen molar-refractivity contribution in [1.29, 1.82) is 5.26 Å². The molecule has 0 radical (unpaired) electrons. The van der Waals surface area contributed by atoms with Crippen LogP contribution in [0.3, 0.4) is 0 Å². The molecule has 3 heterocycles. The number of pyridine rings is 1. The molecule has 8 nitrogen and oxygen atoms in total. The Morgan fingerprint density at radius 2 is 2.14 bits per heavy atom. The lowest BCUT2D eigenvalue weighted by Crippen LogP contribution is -2.50. The minimum absolute atomic E-state index is 0.0203. The van der Waals surface area contributed by atoms with E-state index in [2.05, 4.69) is 20.0 Å². The molecule has 0 aliphatic carbocycles. The van der Waals surface area contributed by atoms with Gasteiger partial charge in [-0.3, -0.25) is 4.79 Å². The second-order valence-electron chi connectivity index (χ2n) is 6.12. The molecule has 1 aromatic heterocycles. The lowest BCUT2D eigenvalue weighted by Gasteiger charge is -2.38. The van der Waals surface area contributed by atoms with Gasteiger partial charge < -0.3 is 20.7 Å². The molecule has 0 fully saturated rings. The number of hydrogen-bond donors (Lipinski definition) is 2. The average Bonchev–Trinajstić information content (AvgIpc) is 2.68. The first kappa shape index (κ1) is 20.1. The predicted octanol–water partition coefficient (Wildman–Crippen LogP) is 1.69. The van der Waals surface area contributed by atoms with Crippen LogP contribution in [-0.2, 0) is 4.74 Å². The summed E-state index contributed by atoms with van der Waals surface area (Å²) in [6.45, 7) is -0.418. The van der Waals surface area contributed by atoms with E-state index in [1.165, 1.54) is 24.4 Å². The molecule has 2 aliphatic heterocycles. The fraction of sp³-hybridized carbons (Fsp3) is 0.294. The van der Waals surface area contributed by atoms with E-state index in [0.717, 1.165) is 11.0 Å². The van der Waals surface area contributed by atoms with Gasteiger partial charge >= 0.3 is 6.18 Å². The standard InChI is InChI=1S/C17H14F4N6O2/c18-10-2-4-13(25-15(28)11-3-1-9(6-22)7-24-11)27(8-10)14-5-12(17(19,20)21)29-16(23)26-14/h1-4,7,12,14H,5,8H2,(H2,23,26)(H,25,28)/t12-,14?/m0/s1. The largest absolute Gasteiger partial charge is 0.452 e. The third kappa shape index (κ3) is 4.63. The van der Waals surface area contributed by atoms with Crippen molar-refractivity contribution in [2.75, 3.05) is 6.54 Å². The van der Waals surface area contributed by atoms with E-state index in [-0.39, 0.29) is 17.1 Å². The highest BCUT2D eigenvalue weighted by Crippen LogP contribution is 2.32. The monoisotopic (exact) mass is 410 g/mol. The normalized spacial score (nSPS) is 21.9. The number of nitrogens with zero attached hydrogens (tertiary/aromatic N) is 4. The Balaban J connectivity index is 1.82. The summed E-state index contributed by atoms with van der Waals surface area (Å²) in [4.78, 5) is 21.2. The van der Waals surface area contributed by atoms with Crippen LogP contribution in [-0.4, -0.2) is 46.8 Å². The van der Waals surface area contributed by atoms with Crippen LogP contribution >= 0.6 is 0 Å². The molecule has 152 valence electrons. The van der Waals surface area contributed by atoms with Crippen molar-refractivity contribution in [3.8, 4) is 6.07 Å². The summed E-state index contributed by atoms with van der Waals surface area (Å²) in [5.74, 6) is -1.31. The second kappa shape index (κ2) is 7.78. The summed E-state index contributed by atoms with van der Waals surface area (Å²) in [7, 11) is 0. The van der Waals surface area contributed by atoms with Crippen LogP contribution in [0.2, 0.25) is 0 Å². The van der Waals surface area contributed by atoms with E-state index in [9.17, 15) is 22.4 Å². The highest BCUT2D eigenvalue weighted by Gasteiger charge is 2.47. The summed E-state index contributed by atoms with van der Waals surface area (Å²) in [6.07, 6.45) is -5.29. The van der Waals surface area contributed by atoms with Gasteiger partial charge in [-0.2, -0.15) is 18.4 Å². The SMILES string of the molecule is N#Cc1ccc(C(=O)NC2=CC=C(F)CN2C2C[C@@H](C(F)(F)F)OC(N)=N2)nc1. The Kier molecular flexibility index (Phi) is 5.40. The highest BCUT2D eigenvalue weighted by molar-refractivity contribution is 5.93. The summed E-state index contributed by atoms with van der Waals surface area (Å²) in [6, 6.07) is 3.86. The fourth-order valence-electron chi connectivity index (χ4n) is 2.73. The van der Waals surface area contributed by atoms with Crippen molar-refractivity contribution < 1.29 is 27.1 Å². The first-order valence-corrected chi connectivity index (χ1v) is 8.24. The Morgan fingerprint density at radius 1 is 1.38 bits per heavy atom. The number of nitrogens with two attached hydrogens (primary N) is 1. The minimum atomic E-state index is -4.69. The van der Waals surface area contributed by atoms with Crippen molar-refractivity contribution in [2.24, 2.45) is 10.7 Å². The molecule has 1 aromatic rings. The number of carbonyl (C=O) groups is 1. The molecule has 2 aliphatic rings. The van der Waals surface area contributed by atoms with Gasteiger partial charge in [-0.1, -0.05) is 0 Å². The van der Waals surface area contributed by atoms with Gasteiger partial charge in [0.2, 0.25) is 6.10 Å². The summed E-state index contributed by atoms with van der Waals surface area (Å²) in [5, 5.41) is 11.2. The van der Waals surface area contributed by atoms with Crippen LogP contribution in [0.4, 0.5) is 17.6 Å². The van der Waals surface area contributed by atoms with Gasteiger partial charge in [0.25, 0.3) is 11.9 Å². The van der Waals surface area contributed by atoms with Gasteiger partial charge in [0, 0.05) is 12.6 Å². The van der Waals surface area contributed by atoms with E-state index in [0.29, 0.717) is 0 Å². The third-order valence-corrected chi connectivity index (χ3v) is 4.11. The van der Waals surface area contributed by atoms with E-state index in [1.54, 1.807) is 0 Å². The Labute approximate surface area is 162 Å². The lowest BCUT2D eigenvalue weighted by molar-refractivity contribution is -0.207. The van der Waals surface area contributed by atoms with Crippen molar-refractivity contribution >= 4 is 11.9 Å². The van der Waals surface area contributed by atoms with E-state index >= 15 is 0 Å². The fourth-order valence-corrected chi connectivity index (χ4v) is 2.73. The van der Waals surface area contributed by atoms with Crippen molar-refractivity contribution in [2.45, 2.75) is 24.9 Å². The topological polar surface area (TPSA) is 117 Å². The molecule has 12 heteroatoms. The number of amides is 1. The zero-order valence-electron chi connectivity index (χ0n) is 14.7. The van der Waals surface area contributed by atoms with Crippen LogP contribution in [0.15, 0.2) is 47.1 Å². The minimum Gasteiger partial charge on any atom is -0.452 e. The summed E-state index contributed by atoms with van der Waals surface area (Å²) >= 11 is 0. The number of alkyl halides is 3. The Hall–Kier alpha value is -3.62. The molecule has 0 saturated carbocycles. The van der Waals surface area contributed by atoms with Crippen LogP contribution in [0.25, 0.3) is 0 Å². The summed E-state index contributed by atoms with van der Waals surface area (Å²) in [5.41, 5.74) is 5.57. The average molecular weight is 410 g/mol. The molecule has 1 amide bonds. The Morgan fingerprint density at radius 3 is 2.76 bits per heavy atom. The molecule has 0 saturated heterocycles. The van der Waals surface area contributed by atoms with Gasteiger partial charge in [-0.05, 0) is 24.3 Å². The Bertz CT molecular complexity index is 933. The number of aromatic nitrogens is 1. The predicted molar refractivity (Wildman–Crippen MR) is 91.4 cm³/mol. The first-order chi connectivity index (χ1) is 13.7. The van der Waals surface area contributed by atoms with E-state index in [4.69, 9.17) is 11.0 Å². The maximum Gasteiger partial charge on any atom is 0.425 e. The smallest absolute Gasteiger partial charge is 0.425 e. The van der Waals surface area contributed by atoms with Crippen molar-refractivity contribution in [1.82, 2.24) is 15.2 Å². The number of rotatable bonds is 3. The van der Waals surface area contributed by atoms with Gasteiger partial charge in [0.15, 0.2) is 0 Å². The number of amidine groups is 1. The van der Waals surface area contributed by atoms with Crippen LogP contribution in [0, 0.1) is 11.3 Å². The van der Waals surface area contributed by atoms with Crippen LogP contribution in [0.5, 0.6) is 0 Å². The lowest BCUT2D eigenvalue weighted by atomic mass is 10.1. The number of hydrogen-bond acceptors (Lipinski definition) is 7. The third-order valence-electron chi connectivity index (χ3n) is 4.11. The maximum absolute atomic E-state index is 13.8. The number of halogens is 4. The zero-order valence-corrected chi connectivity index (χ0v) is 14.7. The van der Waals surface area contributed by atoms with Gasteiger partial charge in [0.1, 0.15) is 29.6 Å². The van der Waals surface area contributed by atoms with Crippen molar-refractivity contribution in [3.05, 3.63) is 53.4 Å². The molecule has 0 spiro atoms. The molecule has 2 atom stereocenters. The number of carbonyl (C=O) groups excluding carboxylic acids is 1. The molecular formula is C17H14F4N6O2. The molecular weight excluding hydrogens is 396 g/mol. The van der Waals surface area contributed by atoms with Crippen LogP contribution in [0.1, 0.15) is 22.5 Å². The number of nitrogens with one attached hydrogen (secondary N) is 1. The zero-order chi connectivity index (χ0) is 21.2. The number of ether oxygens (including phenoxy) is 1. The van der Waals surface area contributed by atoms with Gasteiger partial charge in [0.05, 0.1) is 12.1 Å². The quantitative estimate of drug-likeness (QED) is 0.733. The van der Waals surface area contributed by atoms with E-state index < -0.39 is 49.2 Å². The van der Waals surface area contributed by atoms with E-state index in [1.807, 2.05) is 6.07 Å². The van der Waals surface area contributed by atoms with Crippen LogP contribution < -0.4 is 11.1 Å². The second-order valence-corrected chi connectivity index (χ2v) is 6.12. The molecule has 0 bridgehead atoms. The first-order valence-electron chi connectivity index (χ1n) is 8.24. The molecule has 1 unspecified atom stereocenters. The summed E-state index contributed by atoms with van der Waals surface area (Å²) < 4.78 is 57.6. The molecule has 0 aromatic carbocycles. The molecule has 3 rings (SSSR count). The highest BCUT2D eigenvalue weighted by atomic mass is 19.4. The number of nitriles is 1. The van der Waals surface area contributed by atoms with Crippen molar-refractivity contribution in [3.63, 3.8) is 0 Å². The molecule has 29 heavy (non-hydrogen) atoms. The number of aliphatic imine (C=N–C) groups is 1. The maximum atomic E-state index is 13.8. The van der Waals surface area contributed by atoms with Gasteiger partial charge in [-0.15, -0.1) is 0 Å². The number of allylic oxidation sites excluding steroid dienone is 2. The molecule has 3 N–H and O–H groups in total. The van der Waals surface area contributed by atoms with Gasteiger partial charge in [-0.25, -0.2) is 14.4 Å².